The summed E-state index contributed by atoms with van der Waals surface area (Å²) >= 11 is 1.59. The minimum Gasteiger partial charge on any atom is -0.448 e. The average Bonchev–Trinajstić information content (AvgIpc) is 2.66. The van der Waals surface area contributed by atoms with Crippen LogP contribution in [0, 0.1) is 5.92 Å². The molecular weight excluding hydrogens is 210 g/mol. The maximum Gasteiger partial charge on any atom is 0.433 e. The second-order valence-corrected chi connectivity index (χ2v) is 4.14. The zero-order valence-corrected chi connectivity index (χ0v) is 10.0. The van der Waals surface area contributed by atoms with Crippen molar-refractivity contribution in [2.75, 3.05) is 6.61 Å². The number of carbonyl (C=O) groups excluding carboxylic acids is 1. The molecule has 0 aliphatic carbocycles. The second-order valence-electron chi connectivity index (χ2n) is 3.36. The van der Waals surface area contributed by atoms with Gasteiger partial charge in [0.15, 0.2) is 0 Å². The Bertz CT molecular complexity index is 341. The molecule has 0 fully saturated rings. The van der Waals surface area contributed by atoms with E-state index in [-0.39, 0.29) is 5.92 Å². The number of aliphatic imine (C=N–C) groups is 1. The number of hydrogen-bond donors (Lipinski definition) is 0. The Morgan fingerprint density at radius 2 is 2.33 bits per heavy atom. The van der Waals surface area contributed by atoms with Crippen LogP contribution in [0.15, 0.2) is 21.8 Å². The topological polar surface area (TPSA) is 38.7 Å². The van der Waals surface area contributed by atoms with E-state index in [1.807, 2.05) is 30.7 Å². The Kier molecular flexibility index (Phi) is 4.49. The van der Waals surface area contributed by atoms with E-state index in [1.54, 1.807) is 18.3 Å². The van der Waals surface area contributed by atoms with Crippen molar-refractivity contribution in [2.45, 2.75) is 20.8 Å². The maximum absolute atomic E-state index is 11.2. The standard InChI is InChI=1S/C11H15NO2S/c1-4-14-11(13)12-10(8(2)3)9-5-6-15-7-9/h5-8H,4H2,1-3H3/b12-10-. The fourth-order valence-electron chi connectivity index (χ4n) is 1.19. The molecule has 3 nitrogen and oxygen atoms in total. The largest absolute Gasteiger partial charge is 0.448 e. The van der Waals surface area contributed by atoms with Crippen molar-refractivity contribution >= 4 is 23.1 Å². The van der Waals surface area contributed by atoms with Crippen LogP contribution in [-0.4, -0.2) is 18.4 Å². The molecule has 0 saturated heterocycles. The number of ether oxygens (including phenoxy) is 1. The van der Waals surface area contributed by atoms with E-state index < -0.39 is 6.09 Å². The van der Waals surface area contributed by atoms with E-state index in [2.05, 4.69) is 4.99 Å². The zero-order chi connectivity index (χ0) is 11.3. The van der Waals surface area contributed by atoms with E-state index in [9.17, 15) is 4.79 Å². The van der Waals surface area contributed by atoms with Crippen molar-refractivity contribution in [1.29, 1.82) is 0 Å². The van der Waals surface area contributed by atoms with Crippen LogP contribution in [0.3, 0.4) is 0 Å². The van der Waals surface area contributed by atoms with Crippen molar-refractivity contribution in [2.24, 2.45) is 10.9 Å². The minimum atomic E-state index is -0.507. The highest BCUT2D eigenvalue weighted by atomic mass is 32.1. The maximum atomic E-state index is 11.2. The summed E-state index contributed by atoms with van der Waals surface area (Å²) in [4.78, 5) is 15.2. The average molecular weight is 225 g/mol. The second kappa shape index (κ2) is 5.66. The molecule has 1 amide bonds. The molecule has 1 rings (SSSR count). The molecule has 1 aromatic rings. The summed E-state index contributed by atoms with van der Waals surface area (Å²) in [6.45, 7) is 6.15. The predicted molar refractivity (Wildman–Crippen MR) is 62.7 cm³/mol. The van der Waals surface area contributed by atoms with Crippen molar-refractivity contribution in [3.05, 3.63) is 22.4 Å². The third kappa shape index (κ3) is 3.47. The van der Waals surface area contributed by atoms with Gasteiger partial charge in [-0.3, -0.25) is 0 Å². The van der Waals surface area contributed by atoms with Crippen LogP contribution in [0.4, 0.5) is 4.79 Å². The molecule has 82 valence electrons. The fourth-order valence-corrected chi connectivity index (χ4v) is 1.84. The molecule has 0 atom stereocenters. The first-order valence-corrected chi connectivity index (χ1v) is 5.87. The van der Waals surface area contributed by atoms with Crippen LogP contribution in [0.5, 0.6) is 0 Å². The van der Waals surface area contributed by atoms with Gasteiger partial charge in [-0.25, -0.2) is 4.79 Å². The smallest absolute Gasteiger partial charge is 0.433 e. The summed E-state index contributed by atoms with van der Waals surface area (Å²) in [6.07, 6.45) is -0.507. The molecule has 0 aromatic carbocycles. The van der Waals surface area contributed by atoms with Gasteiger partial charge in [-0.1, -0.05) is 13.8 Å². The van der Waals surface area contributed by atoms with E-state index in [0.29, 0.717) is 6.61 Å². The van der Waals surface area contributed by atoms with Gasteiger partial charge in [0, 0.05) is 5.56 Å². The van der Waals surface area contributed by atoms with Gasteiger partial charge in [0.2, 0.25) is 0 Å². The highest BCUT2D eigenvalue weighted by molar-refractivity contribution is 7.08. The number of amides is 1. The van der Waals surface area contributed by atoms with Gasteiger partial charge in [0.1, 0.15) is 0 Å². The Hall–Kier alpha value is -1.16. The first kappa shape index (κ1) is 11.9. The fraction of sp³-hybridized carbons (Fsp3) is 0.455. The van der Waals surface area contributed by atoms with Crippen molar-refractivity contribution < 1.29 is 9.53 Å². The van der Waals surface area contributed by atoms with Crippen LogP contribution >= 0.6 is 11.3 Å². The highest BCUT2D eigenvalue weighted by Gasteiger charge is 2.11. The molecule has 0 saturated carbocycles. The van der Waals surface area contributed by atoms with Crippen LogP contribution in [-0.2, 0) is 4.74 Å². The van der Waals surface area contributed by atoms with Gasteiger partial charge in [0.05, 0.1) is 12.3 Å². The number of rotatable bonds is 3. The number of hydrogen-bond acceptors (Lipinski definition) is 3. The SMILES string of the molecule is CCOC(=O)/N=C(\c1ccsc1)C(C)C. The van der Waals surface area contributed by atoms with Gasteiger partial charge in [-0.15, -0.1) is 0 Å². The lowest BCUT2D eigenvalue weighted by atomic mass is 10.0. The van der Waals surface area contributed by atoms with E-state index in [0.717, 1.165) is 11.3 Å². The van der Waals surface area contributed by atoms with Crippen molar-refractivity contribution in [3.63, 3.8) is 0 Å². The third-order valence-electron chi connectivity index (χ3n) is 1.84. The van der Waals surface area contributed by atoms with Crippen LogP contribution in [0.25, 0.3) is 0 Å². The minimum absolute atomic E-state index is 0.212. The Labute approximate surface area is 93.8 Å². The van der Waals surface area contributed by atoms with Gasteiger partial charge >= 0.3 is 6.09 Å². The van der Waals surface area contributed by atoms with E-state index in [1.165, 1.54) is 0 Å². The van der Waals surface area contributed by atoms with Crippen LogP contribution in [0.1, 0.15) is 26.3 Å². The molecule has 0 N–H and O–H groups in total. The number of carbonyl (C=O) groups is 1. The molecule has 0 aliphatic heterocycles. The Balaban J connectivity index is 2.88. The van der Waals surface area contributed by atoms with E-state index >= 15 is 0 Å². The normalized spacial score (nSPS) is 11.9. The van der Waals surface area contributed by atoms with Gasteiger partial charge in [0.25, 0.3) is 0 Å². The molecule has 1 heterocycles. The van der Waals surface area contributed by atoms with Gasteiger partial charge in [-0.2, -0.15) is 16.3 Å². The summed E-state index contributed by atoms with van der Waals surface area (Å²) in [6, 6.07) is 1.96. The number of thiophene rings is 1. The van der Waals surface area contributed by atoms with Crippen LogP contribution < -0.4 is 0 Å². The summed E-state index contributed by atoms with van der Waals surface area (Å²) < 4.78 is 4.80. The Morgan fingerprint density at radius 1 is 1.60 bits per heavy atom. The van der Waals surface area contributed by atoms with Crippen molar-refractivity contribution in [1.82, 2.24) is 0 Å². The highest BCUT2D eigenvalue weighted by Crippen LogP contribution is 2.13. The molecule has 0 bridgehead atoms. The lowest BCUT2D eigenvalue weighted by molar-refractivity contribution is 0.163. The molecule has 0 spiro atoms. The molecular formula is C11H15NO2S. The summed E-state index contributed by atoms with van der Waals surface area (Å²) in [5, 5.41) is 3.95. The lowest BCUT2D eigenvalue weighted by Gasteiger charge is -2.07. The molecule has 4 heteroatoms. The Morgan fingerprint density at radius 3 is 2.80 bits per heavy atom. The zero-order valence-electron chi connectivity index (χ0n) is 9.19. The van der Waals surface area contributed by atoms with Crippen molar-refractivity contribution in [3.8, 4) is 0 Å². The summed E-state index contributed by atoms with van der Waals surface area (Å²) in [7, 11) is 0. The lowest BCUT2D eigenvalue weighted by Crippen LogP contribution is -2.12. The third-order valence-corrected chi connectivity index (χ3v) is 2.53. The molecule has 1 aromatic heterocycles. The predicted octanol–water partition coefficient (Wildman–Crippen LogP) is 3.35. The van der Waals surface area contributed by atoms with E-state index in [4.69, 9.17) is 4.74 Å². The molecule has 0 aliphatic rings. The quantitative estimate of drug-likeness (QED) is 0.740. The van der Waals surface area contributed by atoms with Gasteiger partial charge < -0.3 is 4.74 Å². The first-order valence-electron chi connectivity index (χ1n) is 4.93. The molecule has 0 radical (unpaired) electrons. The number of nitrogens with zero attached hydrogens (tertiary/aromatic N) is 1. The first-order chi connectivity index (χ1) is 7.15. The monoisotopic (exact) mass is 225 g/mol. The molecule has 15 heavy (non-hydrogen) atoms. The van der Waals surface area contributed by atoms with Crippen LogP contribution in [0.2, 0.25) is 0 Å². The summed E-state index contributed by atoms with van der Waals surface area (Å²) in [5.41, 5.74) is 1.79. The summed E-state index contributed by atoms with van der Waals surface area (Å²) in [5.74, 6) is 0.212. The molecule has 0 unspecified atom stereocenters. The van der Waals surface area contributed by atoms with Gasteiger partial charge in [-0.05, 0) is 29.7 Å².